The summed E-state index contributed by atoms with van der Waals surface area (Å²) in [6.45, 7) is 0. The minimum atomic E-state index is 0.710. The van der Waals surface area contributed by atoms with Crippen LogP contribution in [-0.2, 0) is 0 Å². The van der Waals surface area contributed by atoms with Gasteiger partial charge in [0.1, 0.15) is 0 Å². The molecule has 4 heteroatoms. The van der Waals surface area contributed by atoms with Crippen LogP contribution >= 0.6 is 35.0 Å². The summed E-state index contributed by atoms with van der Waals surface area (Å²) in [5.74, 6) is 0. The van der Waals surface area contributed by atoms with Gasteiger partial charge in [-0.25, -0.2) is 0 Å². The van der Waals surface area contributed by atoms with Gasteiger partial charge in [-0.15, -0.1) is 11.3 Å². The number of rotatable bonds is 1. The van der Waals surface area contributed by atoms with Gasteiger partial charge in [-0.3, -0.25) is 0 Å². The van der Waals surface area contributed by atoms with Crippen molar-refractivity contribution in [3.63, 3.8) is 0 Å². The van der Waals surface area contributed by atoms with Crippen LogP contribution in [0, 0.1) is 0 Å². The van der Waals surface area contributed by atoms with Gasteiger partial charge in [0.2, 0.25) is 0 Å². The molecule has 8 heavy (non-hydrogen) atoms. The molecule has 1 nitrogen and oxygen atoms in total. The molecule has 1 rings (SSSR count). The molecule has 1 heterocycles. The van der Waals surface area contributed by atoms with Crippen LogP contribution in [0.4, 0.5) is 0 Å². The smallest absolute Gasteiger partial charge is 0.0941 e. The highest BCUT2D eigenvalue weighted by Crippen LogP contribution is 2.27. The third kappa shape index (κ3) is 1.39. The SMILES string of the molecule is OSc1ccc(Cl)s1. The summed E-state index contributed by atoms with van der Waals surface area (Å²) in [5.41, 5.74) is 0. The van der Waals surface area contributed by atoms with Gasteiger partial charge in [0.15, 0.2) is 0 Å². The Bertz CT molecular complexity index is 174. The third-order valence-corrected chi connectivity index (χ3v) is 2.45. The maximum absolute atomic E-state index is 8.42. The van der Waals surface area contributed by atoms with Gasteiger partial charge in [-0.05, 0) is 12.1 Å². The average molecular weight is 167 g/mol. The Morgan fingerprint density at radius 1 is 1.62 bits per heavy atom. The molecule has 0 spiro atoms. The van der Waals surface area contributed by atoms with E-state index in [-0.39, 0.29) is 0 Å². The van der Waals surface area contributed by atoms with E-state index in [9.17, 15) is 0 Å². The fourth-order valence-electron chi connectivity index (χ4n) is 0.347. The summed E-state index contributed by atoms with van der Waals surface area (Å²) < 4.78 is 9.96. The Morgan fingerprint density at radius 3 is 2.62 bits per heavy atom. The van der Waals surface area contributed by atoms with E-state index >= 15 is 0 Å². The molecular weight excluding hydrogens is 164 g/mol. The van der Waals surface area contributed by atoms with Gasteiger partial charge >= 0.3 is 0 Å². The van der Waals surface area contributed by atoms with Gasteiger partial charge in [0, 0.05) is 12.0 Å². The van der Waals surface area contributed by atoms with Gasteiger partial charge in [-0.2, -0.15) is 0 Å². The van der Waals surface area contributed by atoms with Gasteiger partial charge in [0.05, 0.1) is 8.55 Å². The monoisotopic (exact) mass is 166 g/mol. The summed E-state index contributed by atoms with van der Waals surface area (Å²) in [5, 5.41) is 0. The van der Waals surface area contributed by atoms with E-state index in [1.807, 2.05) is 0 Å². The van der Waals surface area contributed by atoms with Crippen molar-refractivity contribution in [2.75, 3.05) is 0 Å². The van der Waals surface area contributed by atoms with Crippen LogP contribution < -0.4 is 0 Å². The third-order valence-electron chi connectivity index (χ3n) is 0.639. The molecule has 0 atom stereocenters. The van der Waals surface area contributed by atoms with Gasteiger partial charge in [-0.1, -0.05) is 11.6 Å². The zero-order valence-electron chi connectivity index (χ0n) is 3.80. The van der Waals surface area contributed by atoms with Crippen LogP contribution in [0.5, 0.6) is 0 Å². The molecule has 0 aliphatic carbocycles. The largest absolute Gasteiger partial charge is 0.325 e. The molecule has 0 amide bonds. The highest BCUT2D eigenvalue weighted by atomic mass is 35.5. The molecule has 0 bridgehead atoms. The molecule has 0 unspecified atom stereocenters. The number of hydrogen-bond acceptors (Lipinski definition) is 3. The maximum Gasteiger partial charge on any atom is 0.0941 e. The van der Waals surface area contributed by atoms with Crippen molar-refractivity contribution < 1.29 is 4.55 Å². The van der Waals surface area contributed by atoms with Crippen LogP contribution in [0.15, 0.2) is 16.3 Å². The van der Waals surface area contributed by atoms with Crippen LogP contribution in [0.25, 0.3) is 0 Å². The average Bonchev–Trinajstić information content (AvgIpc) is 2.14. The summed E-state index contributed by atoms with van der Waals surface area (Å²) in [6, 6.07) is 3.53. The first-order valence-corrected chi connectivity index (χ1v) is 3.86. The Morgan fingerprint density at radius 2 is 2.38 bits per heavy atom. The summed E-state index contributed by atoms with van der Waals surface area (Å²) in [6.07, 6.45) is 0. The van der Waals surface area contributed by atoms with Crippen molar-refractivity contribution in [3.05, 3.63) is 16.5 Å². The van der Waals surface area contributed by atoms with Crippen LogP contribution in [-0.4, -0.2) is 4.55 Å². The lowest BCUT2D eigenvalue weighted by Crippen LogP contribution is -1.47. The first-order valence-electron chi connectivity index (χ1n) is 1.89. The summed E-state index contributed by atoms with van der Waals surface area (Å²) in [7, 11) is 0. The molecule has 0 saturated carbocycles. The lowest BCUT2D eigenvalue weighted by atomic mass is 10.7. The highest BCUT2D eigenvalue weighted by Gasteiger charge is 1.93. The van der Waals surface area contributed by atoms with E-state index in [0.29, 0.717) is 4.34 Å². The quantitative estimate of drug-likeness (QED) is 0.648. The number of halogens is 1. The van der Waals surface area contributed by atoms with Crippen molar-refractivity contribution in [1.29, 1.82) is 0 Å². The first kappa shape index (κ1) is 6.42. The standard InChI is InChI=1S/C4H3ClOS2/c5-3-1-2-4(7-3)8-6/h1-2,6H. The lowest BCUT2D eigenvalue weighted by molar-refractivity contribution is 0.665. The Balaban J connectivity index is 2.84. The fraction of sp³-hybridized carbons (Fsp3) is 0. The Labute approximate surface area is 60.5 Å². The molecule has 1 N–H and O–H groups in total. The molecule has 0 aliphatic rings. The second-order valence-electron chi connectivity index (χ2n) is 1.15. The van der Waals surface area contributed by atoms with E-state index in [4.69, 9.17) is 16.2 Å². The van der Waals surface area contributed by atoms with E-state index < -0.39 is 0 Å². The Kier molecular flexibility index (Phi) is 2.19. The fourth-order valence-corrected chi connectivity index (χ4v) is 1.81. The zero-order chi connectivity index (χ0) is 5.98. The molecule has 0 radical (unpaired) electrons. The Hall–Kier alpha value is 0.300. The van der Waals surface area contributed by atoms with Crippen molar-refractivity contribution in [2.24, 2.45) is 0 Å². The topological polar surface area (TPSA) is 20.2 Å². The van der Waals surface area contributed by atoms with Crippen molar-refractivity contribution in [2.45, 2.75) is 4.21 Å². The van der Waals surface area contributed by atoms with E-state index in [1.165, 1.54) is 11.3 Å². The molecule has 0 fully saturated rings. The molecule has 44 valence electrons. The molecule has 0 saturated heterocycles. The second kappa shape index (κ2) is 2.73. The maximum atomic E-state index is 8.42. The molecule has 1 aromatic heterocycles. The highest BCUT2D eigenvalue weighted by molar-refractivity contribution is 7.95. The number of thiophene rings is 1. The number of hydrogen-bond donors (Lipinski definition) is 1. The predicted octanol–water partition coefficient (Wildman–Crippen LogP) is 2.97. The van der Waals surface area contributed by atoms with Gasteiger partial charge < -0.3 is 4.55 Å². The molecule has 0 aliphatic heterocycles. The van der Waals surface area contributed by atoms with Crippen molar-refractivity contribution in [1.82, 2.24) is 0 Å². The molecule has 1 aromatic rings. The van der Waals surface area contributed by atoms with Crippen LogP contribution in [0.3, 0.4) is 0 Å². The first-order chi connectivity index (χ1) is 3.83. The van der Waals surface area contributed by atoms with Crippen LogP contribution in [0.2, 0.25) is 4.34 Å². The zero-order valence-corrected chi connectivity index (χ0v) is 6.19. The van der Waals surface area contributed by atoms with Crippen LogP contribution in [0.1, 0.15) is 0 Å². The minimum absolute atomic E-state index is 0.710. The van der Waals surface area contributed by atoms with Gasteiger partial charge in [0.25, 0.3) is 0 Å². The summed E-state index contributed by atoms with van der Waals surface area (Å²) in [4.78, 5) is 0. The lowest BCUT2D eigenvalue weighted by Gasteiger charge is -1.77. The van der Waals surface area contributed by atoms with E-state index in [2.05, 4.69) is 0 Å². The second-order valence-corrected chi connectivity index (χ2v) is 3.75. The normalized spacial score (nSPS) is 9.75. The molecule has 0 aromatic carbocycles. The summed E-state index contributed by atoms with van der Waals surface area (Å²) >= 11 is 7.62. The minimum Gasteiger partial charge on any atom is -0.325 e. The van der Waals surface area contributed by atoms with E-state index in [1.54, 1.807) is 12.1 Å². The molecular formula is C4H3ClOS2. The van der Waals surface area contributed by atoms with Crippen molar-refractivity contribution in [3.8, 4) is 0 Å². The van der Waals surface area contributed by atoms with Crippen molar-refractivity contribution >= 4 is 35.0 Å². The van der Waals surface area contributed by atoms with E-state index in [0.717, 1.165) is 16.3 Å². The predicted molar refractivity (Wildman–Crippen MR) is 37.8 cm³/mol.